The molecule has 0 aromatic heterocycles. The molecule has 0 aromatic rings. The van der Waals surface area contributed by atoms with Gasteiger partial charge in [-0.15, -0.1) is 0 Å². The third-order valence-corrected chi connectivity index (χ3v) is 66.7. The number of halogens is 2. The molecule has 10 rings (SSSR count). The van der Waals surface area contributed by atoms with Gasteiger partial charge >= 0.3 is 149 Å². The quantitative estimate of drug-likeness (QED) is 0.252. The molecule has 10 fully saturated rings. The van der Waals surface area contributed by atoms with Gasteiger partial charge in [0.1, 0.15) is 0 Å². The van der Waals surface area contributed by atoms with Crippen molar-refractivity contribution in [2.45, 2.75) is 99.3 Å². The van der Waals surface area contributed by atoms with Crippen LogP contribution in [0, 0.1) is 0 Å². The molecule has 10 heterocycles. The maximum atomic E-state index is 4.81. The molecule has 1 spiro atoms. The molecule has 136 valence electrons. The summed E-state index contributed by atoms with van der Waals surface area (Å²) in [5, 5.41) is 1.23. The molecule has 4 atom stereocenters. The summed E-state index contributed by atoms with van der Waals surface area (Å²) in [6, 6.07) is 0. The van der Waals surface area contributed by atoms with E-state index in [1.165, 1.54) is 43.3 Å². The van der Waals surface area contributed by atoms with Crippen molar-refractivity contribution in [1.82, 2.24) is 0 Å². The van der Waals surface area contributed by atoms with Crippen LogP contribution in [0.5, 0.6) is 0 Å². The zero-order valence-corrected chi connectivity index (χ0v) is 19.6. The summed E-state index contributed by atoms with van der Waals surface area (Å²) in [7, 11) is 9.87. The van der Waals surface area contributed by atoms with Gasteiger partial charge in [0.25, 0.3) is 0 Å². The third-order valence-electron chi connectivity index (χ3n) is 16.3. The van der Waals surface area contributed by atoms with E-state index in [-0.39, 0.29) is 23.9 Å². The first-order chi connectivity index (χ1) is 10.3. The van der Waals surface area contributed by atoms with Crippen LogP contribution in [0.4, 0.5) is 0 Å². The number of hydrogen-bond acceptors (Lipinski definition) is 0. The van der Waals surface area contributed by atoms with Crippen LogP contribution in [0.1, 0.15) is 41.5 Å². The molecule has 23 heavy (non-hydrogen) atoms. The van der Waals surface area contributed by atoms with Crippen molar-refractivity contribution in [1.29, 1.82) is 0 Å². The van der Waals surface area contributed by atoms with E-state index in [0.717, 1.165) is 4.05 Å². The molecule has 0 aliphatic carbocycles. The van der Waals surface area contributed by atoms with Gasteiger partial charge in [0, 0.05) is 0 Å². The van der Waals surface area contributed by atoms with Gasteiger partial charge in [-0.1, -0.05) is 0 Å². The van der Waals surface area contributed by atoms with Crippen LogP contribution in [0.15, 0.2) is 0 Å². The Labute approximate surface area is 147 Å². The van der Waals surface area contributed by atoms with Crippen LogP contribution < -0.4 is 0 Å². The molecule has 0 radical (unpaired) electrons. The van der Waals surface area contributed by atoms with E-state index in [1.54, 1.807) is 0 Å². The number of hydrogen-bond donors (Lipinski definition) is 0. The topological polar surface area (TPSA) is 0 Å². The van der Waals surface area contributed by atoms with Crippen LogP contribution in [-0.2, 0) is 22.4 Å². The molecule has 10 saturated heterocycles. The second-order valence-corrected chi connectivity index (χ2v) is 44.8. The van der Waals surface area contributed by atoms with E-state index >= 15 is 0 Å². The fourth-order valence-electron chi connectivity index (χ4n) is 18.7. The van der Waals surface area contributed by atoms with Gasteiger partial charge < -0.3 is 0 Å². The summed E-state index contributed by atoms with van der Waals surface area (Å²) in [6.45, 7) is 12.9. The summed E-state index contributed by atoms with van der Waals surface area (Å²) in [5.74, 6) is 0. The Morgan fingerprint density at radius 3 is 1.17 bits per heavy atom. The van der Waals surface area contributed by atoms with Crippen molar-refractivity contribution >= 4 is 27.0 Å². The SMILES string of the molecule is CC(C)(C)P(C(C)(C)C)[C]12[CH]3[CH]4[CH]5[CH]1[Fe]45321678[CH]2[CH]1[CH]6[CH]7[CH]28.[Cl][Pd][Cl]. The molecule has 0 N–H and O–H groups in total. The standard InChI is InChI=1S/C13H22P.C5H5.2ClH.Fe.Pd/c1-12(2,3)14(13(4,5)6)11-9-7-8-10-11;1-2-4-5-3-1;;;;/h7-10H,1-6H3;1-5H;2*1H;;/q;;;;;+2/p-2. The van der Waals surface area contributed by atoms with Gasteiger partial charge in [-0.3, -0.25) is 0 Å². The van der Waals surface area contributed by atoms with E-state index in [4.69, 9.17) is 19.1 Å². The predicted octanol–water partition coefficient (Wildman–Crippen LogP) is 7.74. The van der Waals surface area contributed by atoms with E-state index < -0.39 is 6.51 Å². The second-order valence-electron chi connectivity index (χ2n) is 14.4. The molecular weight excluding hydrogens is 480 g/mol. The Bertz CT molecular complexity index is 990. The monoisotopic (exact) mass is 506 g/mol. The average molecular weight is 508 g/mol. The zero-order valence-electron chi connectivity index (χ0n) is 14.6. The Morgan fingerprint density at radius 2 is 1.04 bits per heavy atom. The molecular formula is C18H27Cl2FePPd. The fourth-order valence-corrected chi connectivity index (χ4v) is 111. The maximum absolute atomic E-state index is 4.81. The fraction of sp³-hybridized carbons (Fsp3) is 1.00. The van der Waals surface area contributed by atoms with Gasteiger partial charge in [-0.05, 0) is 0 Å². The molecule has 0 nitrogen and oxygen atoms in total. The Balaban J connectivity index is 0.000000303. The van der Waals surface area contributed by atoms with Gasteiger partial charge in [0.2, 0.25) is 0 Å². The Kier molecular flexibility index (Phi) is 0.818. The summed E-state index contributed by atoms with van der Waals surface area (Å²) in [6.07, 6.45) is 0. The first-order valence-corrected chi connectivity index (χ1v) is 20.8. The molecule has 10 aliphatic heterocycles. The van der Waals surface area contributed by atoms with Crippen LogP contribution >= 0.6 is 27.0 Å². The summed E-state index contributed by atoms with van der Waals surface area (Å²) >= 11 is -0.106. The van der Waals surface area contributed by atoms with Crippen LogP contribution in [0.3, 0.4) is 0 Å². The summed E-state index contributed by atoms with van der Waals surface area (Å²) < 4.78 is 1.14. The van der Waals surface area contributed by atoms with E-state index in [0.29, 0.717) is 10.3 Å². The van der Waals surface area contributed by atoms with Crippen LogP contribution in [0.25, 0.3) is 0 Å². The van der Waals surface area contributed by atoms with Gasteiger partial charge in [0.05, 0.1) is 0 Å². The molecule has 10 aliphatic rings. The molecule has 0 amide bonds. The average Bonchev–Trinajstić information content (AvgIpc) is 3.31. The first kappa shape index (κ1) is 13.4. The summed E-state index contributed by atoms with van der Waals surface area (Å²) in [4.78, 5) is 13.6. The van der Waals surface area contributed by atoms with Crippen molar-refractivity contribution in [3.05, 3.63) is 0 Å². The molecule has 0 bridgehead atoms. The second kappa shape index (κ2) is 1.41. The van der Waals surface area contributed by atoms with E-state index in [1.807, 2.05) is 0 Å². The minimum atomic E-state index is -2.88. The number of rotatable bonds is 1. The Morgan fingerprint density at radius 1 is 0.739 bits per heavy atom. The van der Waals surface area contributed by atoms with E-state index in [2.05, 4.69) is 41.5 Å². The normalized spacial score (nSPS) is 92.5. The molecule has 0 aromatic carbocycles. The zero-order chi connectivity index (χ0) is 16.3. The van der Waals surface area contributed by atoms with Crippen LogP contribution in [-0.4, -0.2) is 14.4 Å². The molecule has 5 heteroatoms. The molecule has 4 unspecified atom stereocenters. The number of fused-ring (bicyclic) bond motifs is 10. The van der Waals surface area contributed by atoms with Crippen molar-refractivity contribution in [2.75, 3.05) is 0 Å². The van der Waals surface area contributed by atoms with Gasteiger partial charge in [0.15, 0.2) is 0 Å². The van der Waals surface area contributed by atoms with Gasteiger partial charge in [-0.25, -0.2) is 0 Å². The van der Waals surface area contributed by atoms with Crippen molar-refractivity contribution in [3.63, 3.8) is 0 Å². The molecule has 0 saturated carbocycles. The van der Waals surface area contributed by atoms with Crippen molar-refractivity contribution in [2.24, 2.45) is 0 Å². The minimum absolute atomic E-state index is 0.106. The third kappa shape index (κ3) is 0.219. The van der Waals surface area contributed by atoms with E-state index in [9.17, 15) is 0 Å². The predicted molar refractivity (Wildman–Crippen MR) is 94.6 cm³/mol. The van der Waals surface area contributed by atoms with Gasteiger partial charge in [-0.2, -0.15) is 0 Å². The van der Waals surface area contributed by atoms with Crippen molar-refractivity contribution in [3.8, 4) is 0 Å². The Hall–Kier alpha value is 2.19. The first-order valence-electron chi connectivity index (χ1n) is 9.17. The van der Waals surface area contributed by atoms with Crippen molar-refractivity contribution < 1.29 is 22.4 Å². The van der Waals surface area contributed by atoms with Crippen LogP contribution in [0.2, 0.25) is 43.3 Å². The summed E-state index contributed by atoms with van der Waals surface area (Å²) in [5.41, 5.74) is 0.